The zero-order chi connectivity index (χ0) is 13.9. The molecule has 0 saturated carbocycles. The average Bonchev–Trinajstić information content (AvgIpc) is 2.83. The van der Waals surface area contributed by atoms with E-state index >= 15 is 0 Å². The van der Waals surface area contributed by atoms with Gasteiger partial charge in [-0.1, -0.05) is 63.2 Å². The van der Waals surface area contributed by atoms with Gasteiger partial charge >= 0.3 is 0 Å². The lowest BCUT2D eigenvalue weighted by Crippen LogP contribution is -1.88. The molecule has 4 heteroatoms. The molecule has 3 rings (SSSR count). The maximum absolute atomic E-state index is 9.40. The van der Waals surface area contributed by atoms with Crippen molar-refractivity contribution in [1.82, 2.24) is 0 Å². The molecule has 0 amide bonds. The summed E-state index contributed by atoms with van der Waals surface area (Å²) in [5.41, 5.74) is 3.60. The van der Waals surface area contributed by atoms with Crippen molar-refractivity contribution in [3.8, 4) is 16.2 Å². The number of hydrogen-bond acceptors (Lipinski definition) is 4. The highest BCUT2D eigenvalue weighted by Gasteiger charge is 2.11. The predicted molar refractivity (Wildman–Crippen MR) is 89.4 cm³/mol. The number of benzene rings is 2. The van der Waals surface area contributed by atoms with Crippen LogP contribution in [0.25, 0.3) is 10.4 Å². The van der Waals surface area contributed by atoms with Crippen LogP contribution in [0.5, 0.6) is 5.75 Å². The summed E-state index contributed by atoms with van der Waals surface area (Å²) in [4.78, 5) is 1.21. The molecular weight excluding hydrogens is 304 g/mol. The van der Waals surface area contributed by atoms with Gasteiger partial charge in [-0.15, -0.1) is 0 Å². The molecule has 20 heavy (non-hydrogen) atoms. The molecule has 0 aliphatic rings. The van der Waals surface area contributed by atoms with E-state index in [1.54, 1.807) is 32.8 Å². The fourth-order valence-electron chi connectivity index (χ4n) is 2.06. The third-order valence-corrected chi connectivity index (χ3v) is 6.27. The lowest BCUT2D eigenvalue weighted by molar-refractivity contribution is 0.475. The van der Waals surface area contributed by atoms with Gasteiger partial charge in [0.2, 0.25) is 0 Å². The van der Waals surface area contributed by atoms with E-state index in [2.05, 4.69) is 24.3 Å². The molecule has 0 fully saturated rings. The minimum atomic E-state index is 0.289. The number of phenolic OH excluding ortho intramolecular Hbond substituents is 1. The summed E-state index contributed by atoms with van der Waals surface area (Å²) in [7, 11) is 3.35. The maximum atomic E-state index is 9.40. The zero-order valence-electron chi connectivity index (χ0n) is 10.6. The van der Waals surface area contributed by atoms with E-state index in [0.717, 1.165) is 15.8 Å². The second-order valence-electron chi connectivity index (χ2n) is 4.47. The van der Waals surface area contributed by atoms with Gasteiger partial charge in [-0.3, -0.25) is 0 Å². The van der Waals surface area contributed by atoms with E-state index in [9.17, 15) is 5.11 Å². The first-order valence-electron chi connectivity index (χ1n) is 6.19. The van der Waals surface area contributed by atoms with E-state index < -0.39 is 0 Å². The molecule has 0 bridgehead atoms. The Hall–Kier alpha value is -1.49. The van der Waals surface area contributed by atoms with E-state index in [1.807, 2.05) is 18.2 Å². The van der Waals surface area contributed by atoms with E-state index in [0.29, 0.717) is 0 Å². The van der Waals surface area contributed by atoms with Crippen molar-refractivity contribution in [2.75, 3.05) is 0 Å². The molecule has 3 aromatic rings. The highest BCUT2D eigenvalue weighted by Crippen LogP contribution is 2.36. The van der Waals surface area contributed by atoms with Gasteiger partial charge < -0.3 is 5.11 Å². The molecule has 0 atom stereocenters. The molecule has 0 aliphatic heterocycles. The van der Waals surface area contributed by atoms with Crippen molar-refractivity contribution in [2.45, 2.75) is 6.42 Å². The minimum Gasteiger partial charge on any atom is -0.508 e. The fourth-order valence-corrected chi connectivity index (χ4v) is 4.98. The van der Waals surface area contributed by atoms with Gasteiger partial charge in [0.05, 0.1) is 4.88 Å². The first kappa shape index (κ1) is 13.5. The Morgan fingerprint density at radius 3 is 2.30 bits per heavy atom. The molecular formula is C16H12OS3. The third-order valence-electron chi connectivity index (χ3n) is 3.07. The second kappa shape index (κ2) is 5.87. The fraction of sp³-hybridized carbons (Fsp3) is 0.0625. The van der Waals surface area contributed by atoms with Crippen LogP contribution in [0.2, 0.25) is 0 Å². The van der Waals surface area contributed by atoms with Gasteiger partial charge in [0.25, 0.3) is 0 Å². The Kier molecular flexibility index (Phi) is 3.96. The summed E-state index contributed by atoms with van der Waals surface area (Å²) >= 11 is 5.48. The Labute approximate surface area is 130 Å². The van der Waals surface area contributed by atoms with Crippen LogP contribution in [-0.4, -0.2) is 5.11 Å². The van der Waals surface area contributed by atoms with Gasteiger partial charge in [-0.25, -0.2) is 0 Å². The van der Waals surface area contributed by atoms with Crippen LogP contribution in [0.3, 0.4) is 0 Å². The van der Waals surface area contributed by atoms with Gasteiger partial charge in [0, 0.05) is 12.0 Å². The van der Waals surface area contributed by atoms with Gasteiger partial charge in [-0.05, 0) is 35.4 Å². The Morgan fingerprint density at radius 2 is 1.60 bits per heavy atom. The summed E-state index contributed by atoms with van der Waals surface area (Å²) in [6.07, 6.45) is 0.857. The van der Waals surface area contributed by atoms with E-state index in [4.69, 9.17) is 12.2 Å². The van der Waals surface area contributed by atoms with Crippen LogP contribution >= 0.6 is 32.9 Å². The Bertz CT molecular complexity index is 754. The summed E-state index contributed by atoms with van der Waals surface area (Å²) in [6, 6.07) is 17.7. The first-order valence-corrected chi connectivity index (χ1v) is 8.75. The smallest absolute Gasteiger partial charge is 0.115 e. The van der Waals surface area contributed by atoms with Crippen molar-refractivity contribution >= 4 is 32.9 Å². The largest absolute Gasteiger partial charge is 0.508 e. The molecule has 100 valence electrons. The van der Waals surface area contributed by atoms with Gasteiger partial charge in [0.1, 0.15) is 9.57 Å². The summed E-state index contributed by atoms with van der Waals surface area (Å²) in [5, 5.41) is 9.40. The normalized spacial score (nSPS) is 10.6. The summed E-state index contributed by atoms with van der Waals surface area (Å²) in [6.45, 7) is 0. The van der Waals surface area contributed by atoms with E-state index in [-0.39, 0.29) is 5.75 Å². The first-order chi connectivity index (χ1) is 9.74. The van der Waals surface area contributed by atoms with Gasteiger partial charge in [0.15, 0.2) is 0 Å². The number of rotatable bonds is 3. The van der Waals surface area contributed by atoms with E-state index in [1.165, 1.54) is 16.0 Å². The quantitative estimate of drug-likeness (QED) is 0.508. The van der Waals surface area contributed by atoms with Crippen molar-refractivity contribution in [3.05, 3.63) is 69.5 Å². The summed E-state index contributed by atoms with van der Waals surface area (Å²) < 4.78 is 0.960. The van der Waals surface area contributed by atoms with Crippen molar-refractivity contribution in [3.63, 3.8) is 0 Å². The monoisotopic (exact) mass is 316 g/mol. The minimum absolute atomic E-state index is 0.289. The topological polar surface area (TPSA) is 20.2 Å². The second-order valence-corrected chi connectivity index (χ2v) is 7.29. The average molecular weight is 316 g/mol. The molecule has 1 nitrogen and oxygen atoms in total. The van der Waals surface area contributed by atoms with Crippen LogP contribution in [0.1, 0.15) is 11.1 Å². The van der Waals surface area contributed by atoms with Crippen LogP contribution in [0, 0.1) is 3.82 Å². The maximum Gasteiger partial charge on any atom is 0.115 e. The van der Waals surface area contributed by atoms with Gasteiger partial charge in [-0.2, -0.15) is 0 Å². The lowest BCUT2D eigenvalue weighted by Gasteiger charge is -2.04. The highest BCUT2D eigenvalue weighted by atomic mass is 32.9. The van der Waals surface area contributed by atoms with Crippen LogP contribution in [0.4, 0.5) is 0 Å². The molecule has 0 saturated heterocycles. The molecule has 1 heterocycles. The molecule has 0 aliphatic carbocycles. The highest BCUT2D eigenvalue weighted by molar-refractivity contribution is 7.80. The molecule has 1 aromatic heterocycles. The molecule has 2 aromatic carbocycles. The van der Waals surface area contributed by atoms with Crippen molar-refractivity contribution < 1.29 is 5.11 Å². The van der Waals surface area contributed by atoms with Crippen molar-refractivity contribution in [1.29, 1.82) is 0 Å². The summed E-state index contributed by atoms with van der Waals surface area (Å²) in [5.74, 6) is 0.289. The predicted octanol–water partition coefficient (Wildman–Crippen LogP) is 5.50. The van der Waals surface area contributed by atoms with Crippen LogP contribution in [-0.2, 0) is 6.42 Å². The van der Waals surface area contributed by atoms with Crippen LogP contribution in [0.15, 0.2) is 54.6 Å². The van der Waals surface area contributed by atoms with Crippen LogP contribution < -0.4 is 0 Å². The SMILES string of the molecule is Oc1ccc(-c2ssc(=S)c2Cc2ccccc2)cc1. The lowest BCUT2D eigenvalue weighted by atomic mass is 10.0. The number of hydrogen-bond donors (Lipinski definition) is 1. The Balaban J connectivity index is 2.01. The van der Waals surface area contributed by atoms with Crippen molar-refractivity contribution in [2.24, 2.45) is 0 Å². The number of aromatic hydroxyl groups is 1. The Morgan fingerprint density at radius 1 is 0.900 bits per heavy atom. The molecule has 1 N–H and O–H groups in total. The third kappa shape index (κ3) is 2.82. The molecule has 0 radical (unpaired) electrons. The number of phenols is 1. The zero-order valence-corrected chi connectivity index (χ0v) is 13.0. The molecule has 0 spiro atoms. The standard InChI is InChI=1S/C16H12OS3/c17-13-8-6-12(7-9-13)15-14(16(18)20-19-15)10-11-4-2-1-3-5-11/h1-9,17H,10H2. The molecule has 0 unspecified atom stereocenters.